The Morgan fingerprint density at radius 1 is 1.37 bits per heavy atom. The van der Waals surface area contributed by atoms with Gasteiger partial charge in [0.1, 0.15) is 17.3 Å². The molecule has 19 heavy (non-hydrogen) atoms. The predicted molar refractivity (Wildman–Crippen MR) is 77.8 cm³/mol. The van der Waals surface area contributed by atoms with Crippen molar-refractivity contribution in [2.45, 2.75) is 51.5 Å². The minimum atomic E-state index is 0.144. The molecule has 106 valence electrons. The average Bonchev–Trinajstić information content (AvgIpc) is 2.62. The van der Waals surface area contributed by atoms with E-state index in [-0.39, 0.29) is 18.6 Å². The van der Waals surface area contributed by atoms with Gasteiger partial charge in [-0.05, 0) is 18.8 Å². The maximum absolute atomic E-state index is 9.63. The zero-order chi connectivity index (χ0) is 13.8. The number of hydrogen-bond donors (Lipinski definition) is 1. The Morgan fingerprint density at radius 2 is 2.16 bits per heavy atom. The van der Waals surface area contributed by atoms with Gasteiger partial charge in [-0.3, -0.25) is 0 Å². The molecule has 0 bridgehead atoms. The van der Waals surface area contributed by atoms with Gasteiger partial charge in [0.05, 0.1) is 12.6 Å². The first-order valence-corrected chi connectivity index (χ1v) is 7.40. The Hall–Kier alpha value is -0.870. The molecule has 5 heteroatoms. The summed E-state index contributed by atoms with van der Waals surface area (Å²) in [6.07, 6.45) is 6.04. The summed E-state index contributed by atoms with van der Waals surface area (Å²) in [7, 11) is 0. The Kier molecular flexibility index (Phi) is 4.99. The van der Waals surface area contributed by atoms with Gasteiger partial charge in [0.2, 0.25) is 0 Å². The summed E-state index contributed by atoms with van der Waals surface area (Å²) >= 11 is 6.24. The van der Waals surface area contributed by atoms with E-state index in [1.54, 1.807) is 0 Å². The van der Waals surface area contributed by atoms with Gasteiger partial charge < -0.3 is 10.0 Å². The number of rotatable bonds is 3. The first-order valence-electron chi connectivity index (χ1n) is 7.03. The van der Waals surface area contributed by atoms with Crippen molar-refractivity contribution in [1.29, 1.82) is 0 Å². The van der Waals surface area contributed by atoms with E-state index in [1.807, 2.05) is 0 Å². The van der Waals surface area contributed by atoms with Gasteiger partial charge in [-0.2, -0.15) is 0 Å². The number of anilines is 1. The highest BCUT2D eigenvalue weighted by molar-refractivity contribution is 6.30. The molecule has 1 saturated heterocycles. The van der Waals surface area contributed by atoms with Crippen LogP contribution in [0, 0.1) is 0 Å². The van der Waals surface area contributed by atoms with Gasteiger partial charge in [-0.15, -0.1) is 0 Å². The summed E-state index contributed by atoms with van der Waals surface area (Å²) in [6.45, 7) is 5.29. The maximum atomic E-state index is 9.63. The van der Waals surface area contributed by atoms with Crippen molar-refractivity contribution in [3.8, 4) is 0 Å². The normalized spacial score (nSPS) is 20.7. The predicted octanol–water partition coefficient (Wildman–Crippen LogP) is 2.99. The molecule has 0 aromatic carbocycles. The van der Waals surface area contributed by atoms with Crippen molar-refractivity contribution >= 4 is 17.4 Å². The zero-order valence-electron chi connectivity index (χ0n) is 11.6. The molecule has 1 aromatic heterocycles. The standard InChI is InChI=1S/C14H22ClN3O/c1-10(2)12-13(15)16-9-17-14(12)18-7-5-3-4-6-11(18)8-19/h9-11,19H,3-8H2,1-2H3. The highest BCUT2D eigenvalue weighted by atomic mass is 35.5. The Morgan fingerprint density at radius 3 is 2.84 bits per heavy atom. The maximum Gasteiger partial charge on any atom is 0.138 e. The second-order valence-electron chi connectivity index (χ2n) is 5.44. The lowest BCUT2D eigenvalue weighted by Gasteiger charge is -2.32. The summed E-state index contributed by atoms with van der Waals surface area (Å²) < 4.78 is 0. The van der Waals surface area contributed by atoms with Crippen molar-refractivity contribution in [3.05, 3.63) is 17.0 Å². The summed E-state index contributed by atoms with van der Waals surface area (Å²) in [5, 5.41) is 10.2. The van der Waals surface area contributed by atoms with Crippen LogP contribution in [0.15, 0.2) is 6.33 Å². The number of aliphatic hydroxyl groups is 1. The SMILES string of the molecule is CC(C)c1c(Cl)ncnc1N1CCCCCC1CO. The molecular weight excluding hydrogens is 262 g/mol. The van der Waals surface area contributed by atoms with Crippen molar-refractivity contribution in [1.82, 2.24) is 9.97 Å². The number of halogens is 1. The molecule has 2 heterocycles. The third-order valence-corrected chi connectivity index (χ3v) is 4.05. The molecule has 1 aromatic rings. The molecule has 1 aliphatic heterocycles. The van der Waals surface area contributed by atoms with Crippen LogP contribution in [0.5, 0.6) is 0 Å². The van der Waals surface area contributed by atoms with E-state index in [0.717, 1.165) is 37.2 Å². The minimum absolute atomic E-state index is 0.144. The molecule has 4 nitrogen and oxygen atoms in total. The van der Waals surface area contributed by atoms with Crippen LogP contribution < -0.4 is 4.90 Å². The second-order valence-corrected chi connectivity index (χ2v) is 5.79. The number of hydrogen-bond acceptors (Lipinski definition) is 4. The lowest BCUT2D eigenvalue weighted by atomic mass is 10.0. The monoisotopic (exact) mass is 283 g/mol. The molecule has 0 aliphatic carbocycles. The molecule has 1 fully saturated rings. The average molecular weight is 284 g/mol. The highest BCUT2D eigenvalue weighted by Crippen LogP contribution is 2.33. The minimum Gasteiger partial charge on any atom is -0.394 e. The molecule has 1 N–H and O–H groups in total. The fraction of sp³-hybridized carbons (Fsp3) is 0.714. The van der Waals surface area contributed by atoms with E-state index < -0.39 is 0 Å². The lowest BCUT2D eigenvalue weighted by Crippen LogP contribution is -2.39. The topological polar surface area (TPSA) is 49.2 Å². The van der Waals surface area contributed by atoms with Crippen LogP contribution >= 0.6 is 11.6 Å². The van der Waals surface area contributed by atoms with Gasteiger partial charge in [-0.25, -0.2) is 9.97 Å². The van der Waals surface area contributed by atoms with Crippen molar-refractivity contribution in [2.24, 2.45) is 0 Å². The first-order chi connectivity index (χ1) is 9.15. The van der Waals surface area contributed by atoms with Crippen molar-refractivity contribution in [2.75, 3.05) is 18.1 Å². The van der Waals surface area contributed by atoms with E-state index in [4.69, 9.17) is 11.6 Å². The summed E-state index contributed by atoms with van der Waals surface area (Å²) in [4.78, 5) is 10.8. The molecule has 1 aliphatic rings. The number of aromatic nitrogens is 2. The number of aliphatic hydroxyl groups excluding tert-OH is 1. The van der Waals surface area contributed by atoms with Crippen LogP contribution in [0.4, 0.5) is 5.82 Å². The fourth-order valence-corrected chi connectivity index (χ4v) is 3.08. The highest BCUT2D eigenvalue weighted by Gasteiger charge is 2.26. The van der Waals surface area contributed by atoms with Gasteiger partial charge in [0.25, 0.3) is 0 Å². The van der Waals surface area contributed by atoms with E-state index >= 15 is 0 Å². The zero-order valence-corrected chi connectivity index (χ0v) is 12.4. The molecule has 0 spiro atoms. The lowest BCUT2D eigenvalue weighted by molar-refractivity contribution is 0.254. The first kappa shape index (κ1) is 14.5. The summed E-state index contributed by atoms with van der Waals surface area (Å²) in [6, 6.07) is 0.144. The van der Waals surface area contributed by atoms with Crippen LogP contribution in [0.2, 0.25) is 5.15 Å². The van der Waals surface area contributed by atoms with Gasteiger partial charge >= 0.3 is 0 Å². The van der Waals surface area contributed by atoms with Gasteiger partial charge in [0, 0.05) is 12.1 Å². The van der Waals surface area contributed by atoms with Crippen LogP contribution in [0.1, 0.15) is 51.0 Å². The van der Waals surface area contributed by atoms with E-state index in [1.165, 1.54) is 12.7 Å². The Balaban J connectivity index is 2.40. The molecule has 2 rings (SSSR count). The number of nitrogens with zero attached hydrogens (tertiary/aromatic N) is 3. The third-order valence-electron chi connectivity index (χ3n) is 3.75. The summed E-state index contributed by atoms with van der Waals surface area (Å²) in [5.74, 6) is 1.17. The third kappa shape index (κ3) is 3.18. The molecule has 1 atom stereocenters. The molecular formula is C14H22ClN3O. The Labute approximate surface area is 119 Å². The molecule has 0 amide bonds. The van der Waals surface area contributed by atoms with E-state index in [0.29, 0.717) is 5.15 Å². The van der Waals surface area contributed by atoms with Gasteiger partial charge in [0.15, 0.2) is 0 Å². The van der Waals surface area contributed by atoms with E-state index in [2.05, 4.69) is 28.7 Å². The molecule has 1 unspecified atom stereocenters. The largest absolute Gasteiger partial charge is 0.394 e. The fourth-order valence-electron chi connectivity index (χ4n) is 2.74. The van der Waals surface area contributed by atoms with Gasteiger partial charge in [-0.1, -0.05) is 38.3 Å². The van der Waals surface area contributed by atoms with Crippen LogP contribution in [0.3, 0.4) is 0 Å². The quantitative estimate of drug-likeness (QED) is 0.867. The summed E-state index contributed by atoms with van der Waals surface area (Å²) in [5.41, 5.74) is 0.990. The molecule has 0 saturated carbocycles. The van der Waals surface area contributed by atoms with Crippen LogP contribution in [0.25, 0.3) is 0 Å². The smallest absolute Gasteiger partial charge is 0.138 e. The van der Waals surface area contributed by atoms with E-state index in [9.17, 15) is 5.11 Å². The van der Waals surface area contributed by atoms with Crippen molar-refractivity contribution < 1.29 is 5.11 Å². The second kappa shape index (κ2) is 6.53. The van der Waals surface area contributed by atoms with Crippen LogP contribution in [-0.2, 0) is 0 Å². The van der Waals surface area contributed by atoms with Crippen molar-refractivity contribution in [3.63, 3.8) is 0 Å². The molecule has 0 radical (unpaired) electrons. The van der Waals surface area contributed by atoms with Crippen LogP contribution in [-0.4, -0.2) is 34.3 Å². The Bertz CT molecular complexity index is 425.